The molecule has 4 unspecified atom stereocenters. The molecule has 0 radical (unpaired) electrons. The zero-order valence-electron chi connectivity index (χ0n) is 23.0. The molecular weight excluding hydrogens is 420 g/mol. The number of aliphatic carboxylic acids is 1. The second kappa shape index (κ2) is 7.59. The van der Waals surface area contributed by atoms with E-state index in [1.54, 1.807) is 0 Å². The largest absolute Gasteiger partial charge is 0.481 e. The van der Waals surface area contributed by atoms with Gasteiger partial charge in [0, 0.05) is 7.11 Å². The van der Waals surface area contributed by atoms with Crippen LogP contribution in [0.5, 0.6) is 0 Å². The van der Waals surface area contributed by atoms with E-state index in [-0.39, 0.29) is 22.2 Å². The molecule has 5 fully saturated rings. The van der Waals surface area contributed by atoms with Gasteiger partial charge in [-0.25, -0.2) is 0 Å². The van der Waals surface area contributed by atoms with Gasteiger partial charge in [0.1, 0.15) is 0 Å². The lowest BCUT2D eigenvalue weighted by Gasteiger charge is -2.72. The summed E-state index contributed by atoms with van der Waals surface area (Å²) >= 11 is 0. The lowest BCUT2D eigenvalue weighted by atomic mass is 9.32. The Bertz CT molecular complexity index is 876. The first-order valence-electron chi connectivity index (χ1n) is 14.2. The zero-order valence-corrected chi connectivity index (χ0v) is 23.0. The van der Waals surface area contributed by atoms with Crippen molar-refractivity contribution in [1.82, 2.24) is 0 Å². The maximum absolute atomic E-state index is 12.8. The minimum absolute atomic E-state index is 0.211. The fourth-order valence-electron chi connectivity index (χ4n) is 11.9. The molecule has 1 N–H and O–H groups in total. The summed E-state index contributed by atoms with van der Waals surface area (Å²) in [4.78, 5) is 12.8. The second-order valence-electron chi connectivity index (χ2n) is 14.7. The van der Waals surface area contributed by atoms with E-state index in [0.29, 0.717) is 29.3 Å². The Morgan fingerprint density at radius 3 is 2.18 bits per heavy atom. The quantitative estimate of drug-likeness (QED) is 0.429. The van der Waals surface area contributed by atoms with E-state index in [9.17, 15) is 9.90 Å². The highest BCUT2D eigenvalue weighted by Gasteiger charge is 2.72. The minimum atomic E-state index is -0.522. The number of carboxylic acid groups (broad SMARTS) is 1. The number of rotatable bonds is 3. The Morgan fingerprint density at radius 1 is 0.853 bits per heavy atom. The van der Waals surface area contributed by atoms with Crippen molar-refractivity contribution in [2.24, 2.45) is 56.7 Å². The number of allylic oxidation sites excluding steroid dienone is 1. The molecule has 3 nitrogen and oxygen atoms in total. The molecule has 5 aliphatic carbocycles. The smallest absolute Gasteiger partial charge is 0.309 e. The van der Waals surface area contributed by atoms with Crippen LogP contribution in [0.15, 0.2) is 12.2 Å². The normalized spacial score (nSPS) is 53.7. The van der Waals surface area contributed by atoms with Crippen molar-refractivity contribution in [2.75, 3.05) is 7.11 Å². The summed E-state index contributed by atoms with van der Waals surface area (Å²) in [5.41, 5.74) is 1.76. The molecule has 0 spiro atoms. The van der Waals surface area contributed by atoms with Crippen LogP contribution in [0.2, 0.25) is 0 Å². The Hall–Kier alpha value is -0.830. The van der Waals surface area contributed by atoms with Crippen molar-refractivity contribution in [1.29, 1.82) is 0 Å². The molecule has 5 saturated carbocycles. The second-order valence-corrected chi connectivity index (χ2v) is 14.7. The van der Waals surface area contributed by atoms with Crippen LogP contribution in [0, 0.1) is 56.7 Å². The molecule has 0 aromatic carbocycles. The average molecular weight is 471 g/mol. The molecule has 0 bridgehead atoms. The van der Waals surface area contributed by atoms with E-state index in [0.717, 1.165) is 31.6 Å². The third-order valence-corrected chi connectivity index (χ3v) is 13.7. The summed E-state index contributed by atoms with van der Waals surface area (Å²) in [6.45, 7) is 19.3. The predicted octanol–water partition coefficient (Wildman–Crippen LogP) is 7.74. The molecular formula is C31H50O3. The number of hydrogen-bond acceptors (Lipinski definition) is 2. The van der Waals surface area contributed by atoms with E-state index in [1.165, 1.54) is 44.1 Å². The molecule has 3 heteroatoms. The van der Waals surface area contributed by atoms with Gasteiger partial charge in [-0.1, -0.05) is 46.8 Å². The highest BCUT2D eigenvalue weighted by molar-refractivity contribution is 5.76. The SMILES string of the molecule is C=C(C)[C@@H]1CC[C@]2(C(=O)O)CC[C@]3(C)C(CCC4[C@@]5(C)CC[C@H](OC)C(C)(C)C5CC[C@]43C)C12. The first-order chi connectivity index (χ1) is 15.8. The summed E-state index contributed by atoms with van der Waals surface area (Å²) in [6.07, 6.45) is 11.7. The number of carbonyl (C=O) groups is 1. The molecule has 0 amide bonds. The van der Waals surface area contributed by atoms with Gasteiger partial charge in [0.15, 0.2) is 0 Å². The highest BCUT2D eigenvalue weighted by atomic mass is 16.5. The van der Waals surface area contributed by atoms with Gasteiger partial charge in [-0.15, -0.1) is 0 Å². The van der Waals surface area contributed by atoms with Gasteiger partial charge >= 0.3 is 5.97 Å². The maximum Gasteiger partial charge on any atom is 0.309 e. The fraction of sp³-hybridized carbons (Fsp3) is 0.903. The zero-order chi connectivity index (χ0) is 24.9. The number of fused-ring (bicyclic) bond motifs is 7. The van der Waals surface area contributed by atoms with Crippen LogP contribution >= 0.6 is 0 Å². The molecule has 5 rings (SSSR count). The van der Waals surface area contributed by atoms with E-state index in [2.05, 4.69) is 48.1 Å². The van der Waals surface area contributed by atoms with Crippen LogP contribution in [0.4, 0.5) is 0 Å². The van der Waals surface area contributed by atoms with Crippen LogP contribution < -0.4 is 0 Å². The van der Waals surface area contributed by atoms with Crippen molar-refractivity contribution < 1.29 is 14.6 Å². The van der Waals surface area contributed by atoms with Crippen molar-refractivity contribution >= 4 is 5.97 Å². The summed E-state index contributed by atoms with van der Waals surface area (Å²) in [6, 6.07) is 0. The van der Waals surface area contributed by atoms with Gasteiger partial charge in [0.2, 0.25) is 0 Å². The summed E-state index contributed by atoms with van der Waals surface area (Å²) in [7, 11) is 1.91. The summed E-state index contributed by atoms with van der Waals surface area (Å²) in [5.74, 6) is 2.05. The predicted molar refractivity (Wildman–Crippen MR) is 137 cm³/mol. The Labute approximate surface area is 208 Å². The van der Waals surface area contributed by atoms with E-state index in [4.69, 9.17) is 4.74 Å². The van der Waals surface area contributed by atoms with Gasteiger partial charge in [-0.3, -0.25) is 4.79 Å². The number of methoxy groups -OCH3 is 1. The Balaban J connectivity index is 1.55. The van der Waals surface area contributed by atoms with Gasteiger partial charge in [-0.05, 0) is 122 Å². The monoisotopic (exact) mass is 470 g/mol. The number of carboxylic acids is 1. The van der Waals surface area contributed by atoms with Crippen LogP contribution in [0.1, 0.15) is 106 Å². The molecule has 5 aliphatic rings. The van der Waals surface area contributed by atoms with Crippen molar-refractivity contribution in [3.05, 3.63) is 12.2 Å². The molecule has 0 heterocycles. The average Bonchev–Trinajstić information content (AvgIpc) is 3.15. The van der Waals surface area contributed by atoms with Gasteiger partial charge < -0.3 is 9.84 Å². The number of hydrogen-bond donors (Lipinski definition) is 1. The van der Waals surface area contributed by atoms with Crippen LogP contribution in [-0.2, 0) is 9.53 Å². The van der Waals surface area contributed by atoms with Crippen molar-refractivity contribution in [2.45, 2.75) is 112 Å². The summed E-state index contributed by atoms with van der Waals surface area (Å²) in [5, 5.41) is 10.5. The standard InChI is InChI=1S/C31H50O3/c1-19(2)20-11-16-31(26(32)33)18-17-29(6)21(25(20)31)9-10-23-28(5)14-13-24(34-8)27(3,4)22(28)12-15-30(23,29)7/h20-25H,1,9-18H2,2-8H3,(H,32,33)/t20-,21?,22?,23?,24-,25?,28-,29+,30+,31-/m0/s1. The fourth-order valence-corrected chi connectivity index (χ4v) is 11.9. The summed E-state index contributed by atoms with van der Waals surface area (Å²) < 4.78 is 6.02. The third-order valence-electron chi connectivity index (χ3n) is 13.7. The molecule has 0 aromatic rings. The lowest BCUT2D eigenvalue weighted by molar-refractivity contribution is -0.249. The van der Waals surface area contributed by atoms with Gasteiger partial charge in [-0.2, -0.15) is 0 Å². The third kappa shape index (κ3) is 2.83. The first kappa shape index (κ1) is 24.8. The van der Waals surface area contributed by atoms with E-state index >= 15 is 0 Å². The van der Waals surface area contributed by atoms with E-state index in [1.807, 2.05) is 7.11 Å². The van der Waals surface area contributed by atoms with Crippen LogP contribution in [0.25, 0.3) is 0 Å². The van der Waals surface area contributed by atoms with E-state index < -0.39 is 11.4 Å². The molecule has 10 atom stereocenters. The topological polar surface area (TPSA) is 46.5 Å². The van der Waals surface area contributed by atoms with Crippen LogP contribution in [-0.4, -0.2) is 24.3 Å². The number of ether oxygens (including phenoxy) is 1. The molecule has 34 heavy (non-hydrogen) atoms. The Morgan fingerprint density at radius 2 is 1.56 bits per heavy atom. The maximum atomic E-state index is 12.8. The van der Waals surface area contributed by atoms with Crippen LogP contribution in [0.3, 0.4) is 0 Å². The lowest BCUT2D eigenvalue weighted by Crippen LogP contribution is -2.67. The molecule has 0 saturated heterocycles. The van der Waals surface area contributed by atoms with Crippen molar-refractivity contribution in [3.8, 4) is 0 Å². The minimum Gasteiger partial charge on any atom is -0.481 e. The first-order valence-corrected chi connectivity index (χ1v) is 14.2. The highest BCUT2D eigenvalue weighted by Crippen LogP contribution is 2.77. The Kier molecular flexibility index (Phi) is 5.55. The molecule has 0 aliphatic heterocycles. The van der Waals surface area contributed by atoms with Gasteiger partial charge in [0.05, 0.1) is 11.5 Å². The van der Waals surface area contributed by atoms with Gasteiger partial charge in [0.25, 0.3) is 0 Å². The van der Waals surface area contributed by atoms with Crippen molar-refractivity contribution in [3.63, 3.8) is 0 Å². The molecule has 192 valence electrons. The molecule has 0 aromatic heterocycles.